The average molecular weight is 320 g/mol. The normalized spacial score (nSPS) is 26.6. The number of anilines is 3. The lowest BCUT2D eigenvalue weighted by atomic mass is 9.57. The zero-order valence-electron chi connectivity index (χ0n) is 14.8. The number of fused-ring (bicyclic) bond motifs is 5. The molecule has 0 N–H and O–H groups in total. The van der Waals surface area contributed by atoms with Gasteiger partial charge in [-0.1, -0.05) is 45.0 Å². The molecule has 0 amide bonds. The maximum Gasteiger partial charge on any atom is 0.161 e. The first-order chi connectivity index (χ1) is 11.4. The van der Waals surface area contributed by atoms with Crippen molar-refractivity contribution >= 4 is 17.2 Å². The van der Waals surface area contributed by atoms with Crippen molar-refractivity contribution in [3.63, 3.8) is 0 Å². The number of aromatic nitrogens is 2. The molecule has 0 saturated heterocycles. The van der Waals surface area contributed by atoms with Crippen LogP contribution >= 0.6 is 0 Å². The quantitative estimate of drug-likeness (QED) is 0.774. The summed E-state index contributed by atoms with van der Waals surface area (Å²) in [4.78, 5) is 13.6. The van der Waals surface area contributed by atoms with E-state index in [0.29, 0.717) is 0 Å². The molecule has 2 aromatic rings. The van der Waals surface area contributed by atoms with E-state index >= 15 is 0 Å². The van der Waals surface area contributed by atoms with E-state index < -0.39 is 0 Å². The van der Waals surface area contributed by atoms with Gasteiger partial charge in [-0.2, -0.15) is 0 Å². The molecule has 124 valence electrons. The van der Waals surface area contributed by atoms with Crippen LogP contribution in [0.25, 0.3) is 0 Å². The Morgan fingerprint density at radius 2 is 1.96 bits per heavy atom. The van der Waals surface area contributed by atoms with Crippen molar-refractivity contribution in [3.05, 3.63) is 55.0 Å². The Hall–Kier alpha value is -2.36. The number of nitrogens with zero attached hydrogens (tertiary/aromatic N) is 4. The smallest absolute Gasteiger partial charge is 0.161 e. The van der Waals surface area contributed by atoms with Crippen LogP contribution in [-0.2, 0) is 5.41 Å². The third kappa shape index (κ3) is 1.63. The second-order valence-corrected chi connectivity index (χ2v) is 7.65. The molecule has 24 heavy (non-hydrogen) atoms. The molecular formula is C20H24N4. The summed E-state index contributed by atoms with van der Waals surface area (Å²) in [6.07, 6.45) is 6.75. The van der Waals surface area contributed by atoms with Crippen LogP contribution in [0.3, 0.4) is 0 Å². The first-order valence-corrected chi connectivity index (χ1v) is 8.46. The molecule has 2 atom stereocenters. The largest absolute Gasteiger partial charge is 0.349 e. The standard InChI is InChI=1S/C20H24N4/c1-6-11-20(4)14-9-7-8-10-15(14)24-17-16(12-21-13-22-17)23(5)18(24)19(20,2)3/h6-10,12-13,18H,1,11H2,2-5H3. The predicted molar refractivity (Wildman–Crippen MR) is 98.8 cm³/mol. The fourth-order valence-corrected chi connectivity index (χ4v) is 4.67. The van der Waals surface area contributed by atoms with Crippen molar-refractivity contribution in [2.24, 2.45) is 5.41 Å². The molecule has 0 spiro atoms. The Kier molecular flexibility index (Phi) is 3.05. The van der Waals surface area contributed by atoms with Crippen molar-refractivity contribution in [1.29, 1.82) is 0 Å². The zero-order valence-corrected chi connectivity index (χ0v) is 14.8. The van der Waals surface area contributed by atoms with E-state index in [4.69, 9.17) is 0 Å². The van der Waals surface area contributed by atoms with Crippen molar-refractivity contribution in [3.8, 4) is 0 Å². The fourth-order valence-electron chi connectivity index (χ4n) is 4.67. The molecule has 4 nitrogen and oxygen atoms in total. The van der Waals surface area contributed by atoms with Crippen LogP contribution in [0.5, 0.6) is 0 Å². The van der Waals surface area contributed by atoms with Crippen LogP contribution < -0.4 is 9.80 Å². The summed E-state index contributed by atoms with van der Waals surface area (Å²) < 4.78 is 0. The van der Waals surface area contributed by atoms with E-state index in [0.717, 1.165) is 17.9 Å². The molecule has 0 fully saturated rings. The first-order valence-electron chi connectivity index (χ1n) is 8.46. The Balaban J connectivity index is 2.04. The van der Waals surface area contributed by atoms with Gasteiger partial charge in [-0.3, -0.25) is 0 Å². The molecule has 0 aliphatic carbocycles. The number of rotatable bonds is 2. The lowest BCUT2D eigenvalue weighted by Crippen LogP contribution is -2.61. The zero-order chi connectivity index (χ0) is 17.1. The van der Waals surface area contributed by atoms with E-state index in [-0.39, 0.29) is 17.0 Å². The van der Waals surface area contributed by atoms with E-state index in [1.54, 1.807) is 6.33 Å². The van der Waals surface area contributed by atoms with E-state index in [1.165, 1.54) is 11.3 Å². The van der Waals surface area contributed by atoms with Crippen LogP contribution in [0.2, 0.25) is 0 Å². The maximum atomic E-state index is 4.61. The van der Waals surface area contributed by atoms with Gasteiger partial charge in [-0.05, 0) is 18.1 Å². The molecule has 1 aromatic heterocycles. The Labute approximate surface area is 143 Å². The molecule has 0 bridgehead atoms. The van der Waals surface area contributed by atoms with E-state index in [2.05, 4.69) is 84.5 Å². The minimum absolute atomic E-state index is 0.00373. The van der Waals surface area contributed by atoms with Gasteiger partial charge in [-0.15, -0.1) is 6.58 Å². The van der Waals surface area contributed by atoms with Crippen LogP contribution in [-0.4, -0.2) is 23.2 Å². The van der Waals surface area contributed by atoms with Gasteiger partial charge in [0.2, 0.25) is 0 Å². The molecule has 4 rings (SSSR count). The van der Waals surface area contributed by atoms with Gasteiger partial charge in [0.05, 0.1) is 6.20 Å². The van der Waals surface area contributed by atoms with Gasteiger partial charge in [0, 0.05) is 23.6 Å². The van der Waals surface area contributed by atoms with E-state index in [1.807, 2.05) is 6.20 Å². The van der Waals surface area contributed by atoms with Crippen molar-refractivity contribution in [2.45, 2.75) is 38.8 Å². The number of para-hydroxylation sites is 1. The second-order valence-electron chi connectivity index (χ2n) is 7.65. The molecule has 3 heterocycles. The van der Waals surface area contributed by atoms with Crippen molar-refractivity contribution in [2.75, 3.05) is 16.8 Å². The summed E-state index contributed by atoms with van der Waals surface area (Å²) >= 11 is 0. The molecular weight excluding hydrogens is 296 g/mol. The maximum absolute atomic E-state index is 4.61. The highest BCUT2D eigenvalue weighted by atomic mass is 15.5. The van der Waals surface area contributed by atoms with Crippen LogP contribution in [0, 0.1) is 5.41 Å². The average Bonchev–Trinajstić information content (AvgIpc) is 2.88. The molecule has 1 aromatic carbocycles. The summed E-state index contributed by atoms with van der Waals surface area (Å²) in [5.74, 6) is 0.999. The lowest BCUT2D eigenvalue weighted by molar-refractivity contribution is 0.129. The molecule has 0 saturated carbocycles. The van der Waals surface area contributed by atoms with Crippen molar-refractivity contribution in [1.82, 2.24) is 9.97 Å². The van der Waals surface area contributed by atoms with Crippen LogP contribution in [0.4, 0.5) is 17.2 Å². The van der Waals surface area contributed by atoms with Crippen LogP contribution in [0.1, 0.15) is 32.8 Å². The van der Waals surface area contributed by atoms with Gasteiger partial charge in [0.25, 0.3) is 0 Å². The minimum atomic E-state index is -0.00894. The van der Waals surface area contributed by atoms with E-state index in [9.17, 15) is 0 Å². The van der Waals surface area contributed by atoms with Crippen molar-refractivity contribution < 1.29 is 0 Å². The predicted octanol–water partition coefficient (Wildman–Crippen LogP) is 4.26. The number of hydrogen-bond donors (Lipinski definition) is 0. The Morgan fingerprint density at radius 1 is 1.21 bits per heavy atom. The summed E-state index contributed by atoms with van der Waals surface area (Å²) in [5, 5.41) is 0. The molecule has 4 heteroatoms. The second kappa shape index (κ2) is 4.82. The fraction of sp³-hybridized carbons (Fsp3) is 0.400. The van der Waals surface area contributed by atoms with Gasteiger partial charge in [0.1, 0.15) is 18.2 Å². The number of benzene rings is 1. The highest BCUT2D eigenvalue weighted by Crippen LogP contribution is 2.60. The summed E-state index contributed by atoms with van der Waals surface area (Å²) in [7, 11) is 2.15. The third-order valence-corrected chi connectivity index (χ3v) is 6.27. The molecule has 0 radical (unpaired) electrons. The number of allylic oxidation sites excluding steroid dienone is 1. The molecule has 2 unspecified atom stereocenters. The summed E-state index contributed by atoms with van der Waals surface area (Å²) in [6.45, 7) is 11.1. The number of hydrogen-bond acceptors (Lipinski definition) is 4. The highest BCUT2D eigenvalue weighted by Gasteiger charge is 2.58. The van der Waals surface area contributed by atoms with Gasteiger partial charge in [0.15, 0.2) is 5.82 Å². The molecule has 2 aliphatic rings. The Morgan fingerprint density at radius 3 is 2.71 bits per heavy atom. The lowest BCUT2D eigenvalue weighted by Gasteiger charge is -2.57. The topological polar surface area (TPSA) is 32.3 Å². The molecule has 2 aliphatic heterocycles. The highest BCUT2D eigenvalue weighted by molar-refractivity contribution is 5.83. The first kappa shape index (κ1) is 15.2. The van der Waals surface area contributed by atoms with Gasteiger partial charge in [-0.25, -0.2) is 9.97 Å². The van der Waals surface area contributed by atoms with Gasteiger partial charge >= 0.3 is 0 Å². The minimum Gasteiger partial charge on any atom is -0.349 e. The van der Waals surface area contributed by atoms with Crippen LogP contribution in [0.15, 0.2) is 49.4 Å². The Bertz CT molecular complexity index is 813. The summed E-state index contributed by atoms with van der Waals surface area (Å²) in [6, 6.07) is 8.72. The monoisotopic (exact) mass is 320 g/mol. The van der Waals surface area contributed by atoms with Gasteiger partial charge < -0.3 is 9.80 Å². The third-order valence-electron chi connectivity index (χ3n) is 6.27. The summed E-state index contributed by atoms with van der Waals surface area (Å²) in [5.41, 5.74) is 3.69. The SMILES string of the molecule is C=CCC1(C)c2ccccc2N2c3ncncc3N(C)C2C1(C)C.